The van der Waals surface area contributed by atoms with E-state index in [1.807, 2.05) is 6.07 Å². The van der Waals surface area contributed by atoms with Crippen LogP contribution in [0.5, 0.6) is 0 Å². The molecule has 1 heterocycles. The first-order valence-corrected chi connectivity index (χ1v) is 6.34. The van der Waals surface area contributed by atoms with Crippen LogP contribution in [0.2, 0.25) is 5.02 Å². The van der Waals surface area contributed by atoms with Gasteiger partial charge in [0, 0.05) is 12.7 Å². The molecule has 0 unspecified atom stereocenters. The minimum atomic E-state index is 0.407. The number of pyridine rings is 1. The minimum absolute atomic E-state index is 0.407. The average molecular weight is 242 g/mol. The molecule has 0 bridgehead atoms. The monoisotopic (exact) mass is 241 g/mol. The second-order valence-corrected chi connectivity index (χ2v) is 4.27. The van der Waals surface area contributed by atoms with Gasteiger partial charge in [-0.1, -0.05) is 11.6 Å². The van der Waals surface area contributed by atoms with Gasteiger partial charge in [0.15, 0.2) is 0 Å². The summed E-state index contributed by atoms with van der Waals surface area (Å²) in [5, 5.41) is 12.3. The van der Waals surface area contributed by atoms with Gasteiger partial charge in [-0.3, -0.25) is 0 Å². The molecule has 0 aliphatic rings. The molecule has 0 fully saturated rings. The van der Waals surface area contributed by atoms with Crippen molar-refractivity contribution in [1.82, 2.24) is 4.98 Å². The van der Waals surface area contributed by atoms with Gasteiger partial charge < -0.3 is 5.32 Å². The van der Waals surface area contributed by atoms with Gasteiger partial charge in [-0.2, -0.15) is 17.0 Å². The van der Waals surface area contributed by atoms with E-state index in [1.54, 1.807) is 24.0 Å². The molecule has 1 rings (SSSR count). The Hall–Kier alpha value is -0.920. The molecule has 0 spiro atoms. The molecule has 80 valence electrons. The number of halogens is 1. The van der Waals surface area contributed by atoms with Gasteiger partial charge in [0.25, 0.3) is 0 Å². The Morgan fingerprint density at radius 1 is 1.67 bits per heavy atom. The molecule has 0 aromatic carbocycles. The number of nitriles is 1. The predicted octanol–water partition coefficient (Wildman–Crippen LogP) is 2.77. The molecule has 0 aliphatic heterocycles. The molecule has 0 saturated heterocycles. The number of nitrogens with one attached hydrogen (secondary N) is 1. The summed E-state index contributed by atoms with van der Waals surface area (Å²) in [7, 11) is 0. The van der Waals surface area contributed by atoms with Crippen molar-refractivity contribution in [1.29, 1.82) is 5.26 Å². The van der Waals surface area contributed by atoms with Crippen LogP contribution in [0.3, 0.4) is 0 Å². The van der Waals surface area contributed by atoms with Crippen LogP contribution < -0.4 is 5.32 Å². The zero-order valence-electron chi connectivity index (χ0n) is 8.46. The summed E-state index contributed by atoms with van der Waals surface area (Å²) in [6.45, 7) is 0.822. The maximum absolute atomic E-state index is 8.76. The second kappa shape index (κ2) is 6.54. The van der Waals surface area contributed by atoms with E-state index in [0.29, 0.717) is 16.4 Å². The van der Waals surface area contributed by atoms with Crippen LogP contribution in [0.25, 0.3) is 0 Å². The highest BCUT2D eigenvalue weighted by Crippen LogP contribution is 2.22. The zero-order chi connectivity index (χ0) is 11.1. The molecular weight excluding hydrogens is 230 g/mol. The third kappa shape index (κ3) is 3.61. The molecule has 3 nitrogen and oxygen atoms in total. The number of anilines is 1. The Morgan fingerprint density at radius 2 is 2.47 bits per heavy atom. The van der Waals surface area contributed by atoms with Gasteiger partial charge in [0.05, 0.1) is 5.56 Å². The lowest BCUT2D eigenvalue weighted by Crippen LogP contribution is -2.05. The second-order valence-electron chi connectivity index (χ2n) is 2.91. The fourth-order valence-electron chi connectivity index (χ4n) is 1.08. The highest BCUT2D eigenvalue weighted by Gasteiger charge is 2.05. The maximum Gasteiger partial charge on any atom is 0.146 e. The molecule has 0 aliphatic carbocycles. The summed E-state index contributed by atoms with van der Waals surface area (Å²) in [6.07, 6.45) is 4.71. The Morgan fingerprint density at radius 3 is 3.13 bits per heavy atom. The van der Waals surface area contributed by atoms with Gasteiger partial charge in [-0.05, 0) is 24.5 Å². The standard InChI is InChI=1S/C10H12ClN3S/c1-15-6-2-4-13-10-9(11)8(7-12)3-5-14-10/h3,5H,2,4,6H2,1H3,(H,13,14). The van der Waals surface area contributed by atoms with Gasteiger partial charge in [-0.15, -0.1) is 0 Å². The van der Waals surface area contributed by atoms with Crippen LogP contribution in [-0.2, 0) is 0 Å². The first-order valence-electron chi connectivity index (χ1n) is 4.57. The largest absolute Gasteiger partial charge is 0.369 e. The van der Waals surface area contributed by atoms with E-state index < -0.39 is 0 Å². The third-order valence-electron chi connectivity index (χ3n) is 1.83. The molecule has 15 heavy (non-hydrogen) atoms. The van der Waals surface area contributed by atoms with Crippen LogP contribution in [-0.4, -0.2) is 23.5 Å². The fraction of sp³-hybridized carbons (Fsp3) is 0.400. The van der Waals surface area contributed by atoms with Crippen LogP contribution in [0.4, 0.5) is 5.82 Å². The smallest absolute Gasteiger partial charge is 0.146 e. The lowest BCUT2D eigenvalue weighted by atomic mass is 10.3. The summed E-state index contributed by atoms with van der Waals surface area (Å²) in [4.78, 5) is 4.08. The van der Waals surface area contributed by atoms with Crippen molar-refractivity contribution in [3.8, 4) is 6.07 Å². The molecule has 0 amide bonds. The van der Waals surface area contributed by atoms with Crippen LogP contribution in [0.15, 0.2) is 12.3 Å². The molecule has 5 heteroatoms. The van der Waals surface area contributed by atoms with E-state index in [9.17, 15) is 0 Å². The van der Waals surface area contributed by atoms with Crippen LogP contribution in [0, 0.1) is 11.3 Å². The first kappa shape index (κ1) is 12.2. The van der Waals surface area contributed by atoms with Gasteiger partial charge in [0.1, 0.15) is 16.9 Å². The minimum Gasteiger partial charge on any atom is -0.369 e. The quantitative estimate of drug-likeness (QED) is 0.806. The molecular formula is C10H12ClN3S. The number of rotatable bonds is 5. The van der Waals surface area contributed by atoms with E-state index in [4.69, 9.17) is 16.9 Å². The van der Waals surface area contributed by atoms with Crippen molar-refractivity contribution in [2.75, 3.05) is 23.9 Å². The van der Waals surface area contributed by atoms with Crippen molar-refractivity contribution < 1.29 is 0 Å². The molecule has 0 saturated carbocycles. The third-order valence-corrected chi connectivity index (χ3v) is 2.91. The van der Waals surface area contributed by atoms with Crippen molar-refractivity contribution in [3.63, 3.8) is 0 Å². The summed E-state index contributed by atoms with van der Waals surface area (Å²) < 4.78 is 0. The number of thioether (sulfide) groups is 1. The Kier molecular flexibility index (Phi) is 5.30. The van der Waals surface area contributed by atoms with Gasteiger partial charge in [-0.25, -0.2) is 4.98 Å². The topological polar surface area (TPSA) is 48.7 Å². The van der Waals surface area contributed by atoms with E-state index in [0.717, 1.165) is 18.7 Å². The summed E-state index contributed by atoms with van der Waals surface area (Å²) in [5.41, 5.74) is 0.457. The number of nitrogens with zero attached hydrogens (tertiary/aromatic N) is 2. The Balaban J connectivity index is 2.58. The summed E-state index contributed by atoms with van der Waals surface area (Å²) >= 11 is 7.77. The van der Waals surface area contributed by atoms with Crippen molar-refractivity contribution in [2.24, 2.45) is 0 Å². The number of hydrogen-bond donors (Lipinski definition) is 1. The lowest BCUT2D eigenvalue weighted by molar-refractivity contribution is 0.981. The summed E-state index contributed by atoms with van der Waals surface area (Å²) in [5.74, 6) is 1.69. The van der Waals surface area contributed by atoms with E-state index in [-0.39, 0.29) is 0 Å². The highest BCUT2D eigenvalue weighted by atomic mass is 35.5. The van der Waals surface area contributed by atoms with E-state index in [2.05, 4.69) is 16.6 Å². The van der Waals surface area contributed by atoms with E-state index >= 15 is 0 Å². The van der Waals surface area contributed by atoms with Crippen LogP contribution >= 0.6 is 23.4 Å². The first-order chi connectivity index (χ1) is 7.29. The zero-order valence-corrected chi connectivity index (χ0v) is 10.0. The van der Waals surface area contributed by atoms with Gasteiger partial charge >= 0.3 is 0 Å². The van der Waals surface area contributed by atoms with Crippen molar-refractivity contribution in [2.45, 2.75) is 6.42 Å². The number of hydrogen-bond acceptors (Lipinski definition) is 4. The van der Waals surface area contributed by atoms with Crippen molar-refractivity contribution >= 4 is 29.2 Å². The highest BCUT2D eigenvalue weighted by molar-refractivity contribution is 7.98. The predicted molar refractivity (Wildman–Crippen MR) is 65.5 cm³/mol. The maximum atomic E-state index is 8.76. The lowest BCUT2D eigenvalue weighted by Gasteiger charge is -2.06. The molecule has 1 N–H and O–H groups in total. The van der Waals surface area contributed by atoms with Gasteiger partial charge in [0.2, 0.25) is 0 Å². The Bertz CT molecular complexity index is 362. The molecule has 0 atom stereocenters. The SMILES string of the molecule is CSCCCNc1nccc(C#N)c1Cl. The number of aromatic nitrogens is 1. The molecule has 1 aromatic rings. The Labute approximate surface area is 98.8 Å². The summed E-state index contributed by atoms with van der Waals surface area (Å²) in [6, 6.07) is 3.63. The normalized spacial score (nSPS) is 9.67. The average Bonchev–Trinajstić information content (AvgIpc) is 2.26. The fourth-order valence-corrected chi connectivity index (χ4v) is 1.73. The van der Waals surface area contributed by atoms with Crippen molar-refractivity contribution in [3.05, 3.63) is 22.8 Å². The molecule has 0 radical (unpaired) electrons. The van der Waals surface area contributed by atoms with E-state index in [1.165, 1.54) is 0 Å². The molecule has 1 aromatic heterocycles. The van der Waals surface area contributed by atoms with Crippen LogP contribution in [0.1, 0.15) is 12.0 Å².